The summed E-state index contributed by atoms with van der Waals surface area (Å²) in [5.74, 6) is 0.811. The van der Waals surface area contributed by atoms with Crippen LogP contribution in [0.2, 0.25) is 0 Å². The molecule has 0 atom stereocenters. The van der Waals surface area contributed by atoms with Gasteiger partial charge in [0.05, 0.1) is 5.56 Å². The number of nitrogens with zero attached hydrogens (tertiary/aromatic N) is 5. The van der Waals surface area contributed by atoms with Gasteiger partial charge in [-0.1, -0.05) is 24.3 Å². The van der Waals surface area contributed by atoms with E-state index in [4.69, 9.17) is 4.74 Å². The Hall–Kier alpha value is -4.16. The lowest BCUT2D eigenvalue weighted by Crippen LogP contribution is -2.02. The average Bonchev–Trinajstić information content (AvgIpc) is 3.13. The molecule has 0 saturated heterocycles. The minimum atomic E-state index is 0.199. The second-order valence-corrected chi connectivity index (χ2v) is 5.95. The molecule has 3 aromatic carbocycles. The molecule has 0 saturated carbocycles. The van der Waals surface area contributed by atoms with E-state index in [1.807, 2.05) is 55.5 Å². The van der Waals surface area contributed by atoms with Gasteiger partial charge >= 0.3 is 0 Å². The predicted molar refractivity (Wildman–Crippen MR) is 99.5 cm³/mol. The lowest BCUT2D eigenvalue weighted by atomic mass is 10.1. The standard InChI is InChI=1S/C21H13N5O/c1-14-9-10-21(27-20-8-4-5-15(12-22)16(20)13-23)19(11-14)26-24-17-6-2-3-7-18(17)25-26/h2-11H,1H3. The molecule has 27 heavy (non-hydrogen) atoms. The molecule has 4 rings (SSSR count). The summed E-state index contributed by atoms with van der Waals surface area (Å²) in [4.78, 5) is 1.52. The first-order chi connectivity index (χ1) is 13.2. The van der Waals surface area contributed by atoms with Crippen LogP contribution in [-0.2, 0) is 0 Å². The van der Waals surface area contributed by atoms with Crippen LogP contribution in [-0.4, -0.2) is 15.0 Å². The number of aromatic nitrogens is 3. The molecule has 0 bridgehead atoms. The van der Waals surface area contributed by atoms with Crippen molar-refractivity contribution in [1.82, 2.24) is 15.0 Å². The number of hydrogen-bond donors (Lipinski definition) is 0. The molecule has 128 valence electrons. The van der Waals surface area contributed by atoms with Crippen LogP contribution in [0, 0.1) is 29.6 Å². The smallest absolute Gasteiger partial charge is 0.155 e. The molecular weight excluding hydrogens is 338 g/mol. The Morgan fingerprint density at radius 1 is 0.852 bits per heavy atom. The van der Waals surface area contributed by atoms with Gasteiger partial charge in [0.1, 0.15) is 40.2 Å². The van der Waals surface area contributed by atoms with Crippen LogP contribution in [0.5, 0.6) is 11.5 Å². The third-order valence-corrected chi connectivity index (χ3v) is 4.09. The average molecular weight is 351 g/mol. The van der Waals surface area contributed by atoms with Gasteiger partial charge in [0.25, 0.3) is 0 Å². The van der Waals surface area contributed by atoms with Crippen molar-refractivity contribution < 1.29 is 4.74 Å². The first kappa shape index (κ1) is 16.3. The van der Waals surface area contributed by atoms with Crippen molar-refractivity contribution in [2.24, 2.45) is 0 Å². The normalized spacial score (nSPS) is 10.3. The minimum absolute atomic E-state index is 0.199. The van der Waals surface area contributed by atoms with Gasteiger partial charge in [0, 0.05) is 0 Å². The molecule has 6 heteroatoms. The number of aryl methyl sites for hydroxylation is 1. The monoisotopic (exact) mass is 351 g/mol. The third kappa shape index (κ3) is 2.97. The van der Waals surface area contributed by atoms with Crippen molar-refractivity contribution in [2.75, 3.05) is 0 Å². The summed E-state index contributed by atoms with van der Waals surface area (Å²) in [6, 6.07) is 22.2. The molecule has 0 aliphatic rings. The van der Waals surface area contributed by atoms with Gasteiger partial charge in [0.15, 0.2) is 5.75 Å². The zero-order chi connectivity index (χ0) is 18.8. The van der Waals surface area contributed by atoms with Crippen LogP contribution in [0.25, 0.3) is 16.7 Å². The highest BCUT2D eigenvalue weighted by atomic mass is 16.5. The largest absolute Gasteiger partial charge is 0.454 e. The van der Waals surface area contributed by atoms with Gasteiger partial charge in [-0.3, -0.25) is 0 Å². The summed E-state index contributed by atoms with van der Waals surface area (Å²) >= 11 is 0. The van der Waals surface area contributed by atoms with Crippen molar-refractivity contribution in [3.63, 3.8) is 0 Å². The minimum Gasteiger partial charge on any atom is -0.454 e. The SMILES string of the molecule is Cc1ccc(Oc2cccc(C#N)c2C#N)c(-n2nc3ccccc3n2)c1. The fourth-order valence-electron chi connectivity index (χ4n) is 2.78. The topological polar surface area (TPSA) is 87.5 Å². The van der Waals surface area contributed by atoms with Crippen molar-refractivity contribution in [1.29, 1.82) is 10.5 Å². The molecule has 0 N–H and O–H groups in total. The highest BCUT2D eigenvalue weighted by Crippen LogP contribution is 2.32. The van der Waals surface area contributed by atoms with Crippen molar-refractivity contribution in [2.45, 2.75) is 6.92 Å². The van der Waals surface area contributed by atoms with E-state index >= 15 is 0 Å². The van der Waals surface area contributed by atoms with Gasteiger partial charge in [-0.15, -0.1) is 15.0 Å². The Kier molecular flexibility index (Phi) is 4.00. The van der Waals surface area contributed by atoms with Crippen LogP contribution in [0.4, 0.5) is 0 Å². The lowest BCUT2D eigenvalue weighted by Gasteiger charge is -2.12. The molecule has 4 aromatic rings. The van der Waals surface area contributed by atoms with Gasteiger partial charge in [-0.2, -0.15) is 10.5 Å². The molecule has 6 nitrogen and oxygen atoms in total. The van der Waals surface area contributed by atoms with Crippen LogP contribution >= 0.6 is 0 Å². The molecular formula is C21H13N5O. The Balaban J connectivity index is 1.84. The van der Waals surface area contributed by atoms with Crippen LogP contribution in [0.1, 0.15) is 16.7 Å². The van der Waals surface area contributed by atoms with Gasteiger partial charge in [0.2, 0.25) is 0 Å². The highest BCUT2D eigenvalue weighted by Gasteiger charge is 2.15. The van der Waals surface area contributed by atoms with E-state index in [0.717, 1.165) is 16.6 Å². The second kappa shape index (κ2) is 6.62. The lowest BCUT2D eigenvalue weighted by molar-refractivity contribution is 0.474. The zero-order valence-corrected chi connectivity index (χ0v) is 14.4. The van der Waals surface area contributed by atoms with Crippen LogP contribution < -0.4 is 4.74 Å². The number of rotatable bonds is 3. The van der Waals surface area contributed by atoms with Crippen LogP contribution in [0.3, 0.4) is 0 Å². The molecule has 1 aromatic heterocycles. The summed E-state index contributed by atoms with van der Waals surface area (Å²) in [6.45, 7) is 1.97. The van der Waals surface area contributed by atoms with Gasteiger partial charge < -0.3 is 4.74 Å². The van der Waals surface area contributed by atoms with E-state index in [1.165, 1.54) is 4.80 Å². The number of hydrogen-bond acceptors (Lipinski definition) is 5. The number of nitriles is 2. The van der Waals surface area contributed by atoms with E-state index in [9.17, 15) is 10.5 Å². The molecule has 0 aliphatic carbocycles. The number of benzene rings is 3. The number of ether oxygens (including phenoxy) is 1. The fourth-order valence-corrected chi connectivity index (χ4v) is 2.78. The van der Waals surface area contributed by atoms with Gasteiger partial charge in [-0.25, -0.2) is 0 Å². The van der Waals surface area contributed by atoms with Crippen molar-refractivity contribution in [3.05, 3.63) is 77.4 Å². The Labute approximate surface area is 155 Å². The molecule has 0 spiro atoms. The summed E-state index contributed by atoms with van der Waals surface area (Å²) in [7, 11) is 0. The maximum atomic E-state index is 9.42. The summed E-state index contributed by atoms with van der Waals surface area (Å²) in [5.41, 5.74) is 3.68. The Morgan fingerprint density at radius 3 is 2.26 bits per heavy atom. The quantitative estimate of drug-likeness (QED) is 0.550. The van der Waals surface area contributed by atoms with Crippen LogP contribution in [0.15, 0.2) is 60.7 Å². The maximum Gasteiger partial charge on any atom is 0.155 e. The highest BCUT2D eigenvalue weighted by molar-refractivity contribution is 5.73. The van der Waals surface area contributed by atoms with E-state index in [1.54, 1.807) is 24.3 Å². The fraction of sp³-hybridized carbons (Fsp3) is 0.0476. The molecule has 0 radical (unpaired) electrons. The molecule has 0 fully saturated rings. The Morgan fingerprint density at radius 2 is 1.59 bits per heavy atom. The van der Waals surface area contributed by atoms with E-state index in [2.05, 4.69) is 10.2 Å². The van der Waals surface area contributed by atoms with E-state index in [-0.39, 0.29) is 11.1 Å². The molecule has 0 amide bonds. The summed E-state index contributed by atoms with van der Waals surface area (Å²) < 4.78 is 6.00. The first-order valence-corrected chi connectivity index (χ1v) is 8.24. The van der Waals surface area contributed by atoms with Crippen molar-refractivity contribution >= 4 is 11.0 Å². The van der Waals surface area contributed by atoms with Gasteiger partial charge in [-0.05, 0) is 48.9 Å². The molecule has 1 heterocycles. The summed E-state index contributed by atoms with van der Waals surface area (Å²) in [5, 5.41) is 27.7. The third-order valence-electron chi connectivity index (χ3n) is 4.09. The van der Waals surface area contributed by atoms with E-state index < -0.39 is 0 Å². The first-order valence-electron chi connectivity index (χ1n) is 8.24. The number of fused-ring (bicyclic) bond motifs is 1. The van der Waals surface area contributed by atoms with E-state index in [0.29, 0.717) is 17.2 Å². The molecule has 0 aliphatic heterocycles. The van der Waals surface area contributed by atoms with Crippen molar-refractivity contribution in [3.8, 4) is 29.3 Å². The predicted octanol–water partition coefficient (Wildman–Crippen LogP) is 4.26. The molecule has 0 unspecified atom stereocenters. The summed E-state index contributed by atoms with van der Waals surface area (Å²) in [6.07, 6.45) is 0. The second-order valence-electron chi connectivity index (χ2n) is 5.95. The Bertz CT molecular complexity index is 1210. The zero-order valence-electron chi connectivity index (χ0n) is 14.4. The maximum absolute atomic E-state index is 9.42.